The zero-order valence-electron chi connectivity index (χ0n) is 17.7. The molecular weight excluding hydrogens is 360 g/mol. The maximum atomic E-state index is 6.05. The summed E-state index contributed by atoms with van der Waals surface area (Å²) in [5.41, 5.74) is 2.23. The van der Waals surface area contributed by atoms with Crippen LogP contribution in [0.2, 0.25) is 0 Å². The Balaban J connectivity index is 1.55. The molecule has 0 aliphatic rings. The van der Waals surface area contributed by atoms with Gasteiger partial charge in [-0.1, -0.05) is 56.3 Å². The molecule has 0 atom stereocenters. The van der Waals surface area contributed by atoms with Crippen LogP contribution in [0, 0.1) is 0 Å². The van der Waals surface area contributed by atoms with Gasteiger partial charge < -0.3 is 14.2 Å². The number of hydrogen-bond acceptors (Lipinski definition) is 3. The van der Waals surface area contributed by atoms with Crippen molar-refractivity contribution < 1.29 is 14.2 Å². The molecule has 3 rings (SSSR count). The van der Waals surface area contributed by atoms with Crippen molar-refractivity contribution in [1.82, 2.24) is 0 Å². The number of para-hydroxylation sites is 1. The van der Waals surface area contributed by atoms with Crippen LogP contribution in [-0.2, 0) is 16.8 Å². The lowest BCUT2D eigenvalue weighted by Gasteiger charge is -2.25. The Labute approximate surface area is 174 Å². The number of benzene rings is 3. The second-order valence-corrected chi connectivity index (χ2v) is 8.13. The molecule has 0 fully saturated rings. The zero-order chi connectivity index (χ0) is 20.7. The quantitative estimate of drug-likeness (QED) is 0.404. The molecule has 0 aromatic heterocycles. The fourth-order valence-electron chi connectivity index (χ4n) is 3.09. The van der Waals surface area contributed by atoms with Gasteiger partial charge in [-0.05, 0) is 61.4 Å². The van der Waals surface area contributed by atoms with Crippen molar-refractivity contribution in [3.05, 3.63) is 90.0 Å². The highest BCUT2D eigenvalue weighted by Gasteiger charge is 2.21. The van der Waals surface area contributed by atoms with E-state index in [-0.39, 0.29) is 11.5 Å². The van der Waals surface area contributed by atoms with E-state index < -0.39 is 0 Å². The van der Waals surface area contributed by atoms with E-state index in [0.29, 0.717) is 13.2 Å². The van der Waals surface area contributed by atoms with Crippen LogP contribution in [0.15, 0.2) is 78.9 Å². The molecule has 3 nitrogen and oxygen atoms in total. The molecule has 29 heavy (non-hydrogen) atoms. The maximum absolute atomic E-state index is 6.05. The predicted molar refractivity (Wildman–Crippen MR) is 118 cm³/mol. The molecule has 0 saturated carbocycles. The minimum absolute atomic E-state index is 0.0888. The molecule has 3 aromatic rings. The number of hydrogen-bond donors (Lipinski definition) is 0. The highest BCUT2D eigenvalue weighted by atomic mass is 16.5. The third-order valence-electron chi connectivity index (χ3n) is 4.62. The average Bonchev–Trinajstić information content (AvgIpc) is 2.69. The fourth-order valence-corrected chi connectivity index (χ4v) is 3.09. The summed E-state index contributed by atoms with van der Waals surface area (Å²) >= 11 is 0. The fraction of sp³-hybridized carbons (Fsp3) is 0.308. The lowest BCUT2D eigenvalue weighted by Crippen LogP contribution is -2.24. The Morgan fingerprint density at radius 3 is 2.14 bits per heavy atom. The van der Waals surface area contributed by atoms with Gasteiger partial charge in [-0.25, -0.2) is 0 Å². The Morgan fingerprint density at radius 2 is 1.45 bits per heavy atom. The Morgan fingerprint density at radius 1 is 0.759 bits per heavy atom. The summed E-state index contributed by atoms with van der Waals surface area (Å²) < 4.78 is 17.7. The van der Waals surface area contributed by atoms with Crippen molar-refractivity contribution in [2.24, 2.45) is 0 Å². The van der Waals surface area contributed by atoms with Gasteiger partial charge in [-0.2, -0.15) is 0 Å². The van der Waals surface area contributed by atoms with Crippen molar-refractivity contribution >= 4 is 0 Å². The summed E-state index contributed by atoms with van der Waals surface area (Å²) in [5.74, 6) is 2.55. The van der Waals surface area contributed by atoms with E-state index >= 15 is 0 Å². The van der Waals surface area contributed by atoms with Crippen LogP contribution < -0.4 is 9.47 Å². The molecule has 0 saturated heterocycles. The lowest BCUT2D eigenvalue weighted by molar-refractivity contribution is 0.0824. The van der Waals surface area contributed by atoms with Crippen molar-refractivity contribution in [1.29, 1.82) is 0 Å². The van der Waals surface area contributed by atoms with E-state index in [1.54, 1.807) is 0 Å². The van der Waals surface area contributed by atoms with Crippen LogP contribution >= 0.6 is 0 Å². The topological polar surface area (TPSA) is 27.7 Å². The summed E-state index contributed by atoms with van der Waals surface area (Å²) in [6.45, 7) is 9.63. The molecule has 3 heteroatoms. The van der Waals surface area contributed by atoms with E-state index in [1.807, 2.05) is 74.5 Å². The minimum atomic E-state index is -0.0888. The zero-order valence-corrected chi connectivity index (χ0v) is 17.7. The molecular formula is C26H30O3. The Hall–Kier alpha value is -2.78. The van der Waals surface area contributed by atoms with Crippen LogP contribution in [0.4, 0.5) is 0 Å². The summed E-state index contributed by atoms with van der Waals surface area (Å²) in [4.78, 5) is 0. The van der Waals surface area contributed by atoms with Gasteiger partial charge in [0, 0.05) is 5.41 Å². The average molecular weight is 391 g/mol. The van der Waals surface area contributed by atoms with Crippen LogP contribution in [0.1, 0.15) is 38.8 Å². The second kappa shape index (κ2) is 9.62. The van der Waals surface area contributed by atoms with Gasteiger partial charge in [0.1, 0.15) is 17.2 Å². The summed E-state index contributed by atoms with van der Waals surface area (Å²) in [7, 11) is 0. The molecule has 0 radical (unpaired) electrons. The van der Waals surface area contributed by atoms with Gasteiger partial charge in [0.15, 0.2) is 0 Å². The van der Waals surface area contributed by atoms with E-state index in [9.17, 15) is 0 Å². The monoisotopic (exact) mass is 390 g/mol. The lowest BCUT2D eigenvalue weighted by atomic mass is 9.85. The first-order chi connectivity index (χ1) is 13.9. The first kappa shape index (κ1) is 20.9. The SMILES string of the molecule is CC(C)Oc1ccc(C(C)(C)COCc2cccc(Oc3ccccc3)c2)cc1. The second-order valence-electron chi connectivity index (χ2n) is 8.13. The number of ether oxygens (including phenoxy) is 3. The van der Waals surface area contributed by atoms with Gasteiger partial charge >= 0.3 is 0 Å². The minimum Gasteiger partial charge on any atom is -0.491 e. The molecule has 3 aromatic carbocycles. The third kappa shape index (κ3) is 6.37. The third-order valence-corrected chi connectivity index (χ3v) is 4.62. The molecule has 152 valence electrons. The maximum Gasteiger partial charge on any atom is 0.127 e. The van der Waals surface area contributed by atoms with Gasteiger partial charge in [0.25, 0.3) is 0 Å². The van der Waals surface area contributed by atoms with E-state index in [0.717, 1.165) is 22.8 Å². The molecule has 0 spiro atoms. The largest absolute Gasteiger partial charge is 0.491 e. The van der Waals surface area contributed by atoms with Crippen LogP contribution in [0.3, 0.4) is 0 Å². The predicted octanol–water partition coefficient (Wildman–Crippen LogP) is 6.76. The first-order valence-electron chi connectivity index (χ1n) is 10.1. The van der Waals surface area contributed by atoms with Gasteiger partial charge in [0.05, 0.1) is 19.3 Å². The molecule has 0 bridgehead atoms. The van der Waals surface area contributed by atoms with Gasteiger partial charge in [-0.15, -0.1) is 0 Å². The summed E-state index contributed by atoms with van der Waals surface area (Å²) in [6, 6.07) is 26.1. The highest BCUT2D eigenvalue weighted by Crippen LogP contribution is 2.27. The molecule has 0 amide bonds. The Kier molecular flexibility index (Phi) is 6.95. The standard InChI is InChI=1S/C26H30O3/c1-20(2)28-24-15-13-22(14-16-24)26(3,4)19-27-18-21-9-8-12-25(17-21)29-23-10-6-5-7-11-23/h5-17,20H,18-19H2,1-4H3. The molecule has 0 aliphatic heterocycles. The van der Waals surface area contributed by atoms with Crippen LogP contribution in [0.5, 0.6) is 17.2 Å². The van der Waals surface area contributed by atoms with Gasteiger partial charge in [0.2, 0.25) is 0 Å². The number of rotatable bonds is 9. The van der Waals surface area contributed by atoms with Crippen molar-refractivity contribution in [3.63, 3.8) is 0 Å². The van der Waals surface area contributed by atoms with Crippen molar-refractivity contribution in [2.45, 2.75) is 45.8 Å². The highest BCUT2D eigenvalue weighted by molar-refractivity contribution is 5.34. The summed E-state index contributed by atoms with van der Waals surface area (Å²) in [6.07, 6.45) is 0.179. The normalized spacial score (nSPS) is 11.5. The van der Waals surface area contributed by atoms with Crippen molar-refractivity contribution in [2.75, 3.05) is 6.61 Å². The Bertz CT molecular complexity index is 883. The van der Waals surface area contributed by atoms with E-state index in [2.05, 4.69) is 32.0 Å². The van der Waals surface area contributed by atoms with Crippen LogP contribution in [-0.4, -0.2) is 12.7 Å². The van der Waals surface area contributed by atoms with E-state index in [4.69, 9.17) is 14.2 Å². The molecule has 0 N–H and O–H groups in total. The van der Waals surface area contributed by atoms with Crippen LogP contribution in [0.25, 0.3) is 0 Å². The first-order valence-corrected chi connectivity index (χ1v) is 10.1. The smallest absolute Gasteiger partial charge is 0.127 e. The molecule has 0 unspecified atom stereocenters. The molecule has 0 aliphatic carbocycles. The van der Waals surface area contributed by atoms with E-state index in [1.165, 1.54) is 5.56 Å². The summed E-state index contributed by atoms with van der Waals surface area (Å²) in [5, 5.41) is 0. The molecule has 0 heterocycles. The van der Waals surface area contributed by atoms with Gasteiger partial charge in [-0.3, -0.25) is 0 Å². The van der Waals surface area contributed by atoms with Crippen molar-refractivity contribution in [3.8, 4) is 17.2 Å².